The summed E-state index contributed by atoms with van der Waals surface area (Å²) in [4.78, 5) is 48.2. The summed E-state index contributed by atoms with van der Waals surface area (Å²) in [7, 11) is 1.48. The highest BCUT2D eigenvalue weighted by atomic mass is 32.1. The number of pyridine rings is 1. The van der Waals surface area contributed by atoms with Crippen LogP contribution in [0.3, 0.4) is 0 Å². The van der Waals surface area contributed by atoms with Crippen LogP contribution in [0, 0.1) is 27.3 Å². The third-order valence-corrected chi connectivity index (χ3v) is 6.67. The zero-order valence-electron chi connectivity index (χ0n) is 23.8. The number of nitrogen functional groups attached to an aromatic ring is 1. The molecule has 1 aliphatic rings. The zero-order chi connectivity index (χ0) is 32.0. The number of nitrogens with two attached hydrogens (primary N) is 1. The smallest absolute Gasteiger partial charge is 0.303 e. The minimum atomic E-state index is -1.57. The number of methoxy groups -OCH3 is 1. The van der Waals surface area contributed by atoms with Crippen LogP contribution < -0.4 is 10.5 Å². The maximum Gasteiger partial charge on any atom is 0.303 e. The summed E-state index contributed by atoms with van der Waals surface area (Å²) in [6.07, 6.45) is -7.40. The van der Waals surface area contributed by atoms with E-state index in [0.717, 1.165) is 32.3 Å². The zero-order valence-corrected chi connectivity index (χ0v) is 24.6. The summed E-state index contributed by atoms with van der Waals surface area (Å²) in [5.74, 6) is -2.96. The average molecular weight is 613 g/mol. The number of hydrogen-bond donors (Lipinski definition) is 1. The van der Waals surface area contributed by atoms with Crippen molar-refractivity contribution in [1.29, 1.82) is 10.5 Å². The number of aromatic nitrogens is 1. The van der Waals surface area contributed by atoms with E-state index >= 15 is 0 Å². The molecule has 0 spiro atoms. The molecule has 5 unspecified atom stereocenters. The Kier molecular flexibility index (Phi) is 10.4. The minimum Gasteiger partial charge on any atom is -0.497 e. The Hall–Kier alpha value is -4.99. The first-order valence-corrected chi connectivity index (χ1v) is 13.1. The molecule has 43 heavy (non-hydrogen) atoms. The van der Waals surface area contributed by atoms with E-state index in [1.165, 1.54) is 7.11 Å². The molecule has 0 radical (unpaired) electrons. The quantitative estimate of drug-likeness (QED) is 0.259. The molecule has 1 aromatic carbocycles. The van der Waals surface area contributed by atoms with E-state index in [1.54, 1.807) is 24.3 Å². The van der Waals surface area contributed by atoms with Gasteiger partial charge in [0.05, 0.1) is 12.7 Å². The van der Waals surface area contributed by atoms with Gasteiger partial charge in [-0.15, -0.1) is 0 Å². The molecule has 0 amide bonds. The number of hydrogen-bond acceptors (Lipinski definition) is 14. The van der Waals surface area contributed by atoms with Gasteiger partial charge in [0.2, 0.25) is 0 Å². The van der Waals surface area contributed by atoms with Crippen molar-refractivity contribution in [1.82, 2.24) is 4.57 Å². The highest BCUT2D eigenvalue weighted by Gasteiger charge is 2.53. The van der Waals surface area contributed by atoms with Gasteiger partial charge in [0.25, 0.3) is 0 Å². The van der Waals surface area contributed by atoms with Crippen LogP contribution in [0.4, 0.5) is 5.82 Å². The van der Waals surface area contributed by atoms with E-state index in [2.05, 4.69) is 0 Å². The lowest BCUT2D eigenvalue weighted by Gasteiger charge is -2.45. The van der Waals surface area contributed by atoms with Gasteiger partial charge in [-0.25, -0.2) is 0 Å². The third-order valence-electron chi connectivity index (χ3n) is 6.27. The highest BCUT2D eigenvalue weighted by molar-refractivity contribution is 7.71. The van der Waals surface area contributed by atoms with Gasteiger partial charge < -0.3 is 34.2 Å². The molecule has 226 valence electrons. The van der Waals surface area contributed by atoms with Gasteiger partial charge in [-0.1, -0.05) is 24.4 Å². The maximum atomic E-state index is 12.3. The molecule has 1 saturated heterocycles. The Morgan fingerprint density at radius 3 is 1.91 bits per heavy atom. The molecule has 5 atom stereocenters. The summed E-state index contributed by atoms with van der Waals surface area (Å²) in [5, 5.41) is 20.4. The summed E-state index contributed by atoms with van der Waals surface area (Å²) >= 11 is 5.67. The lowest BCUT2D eigenvalue weighted by Crippen LogP contribution is -2.60. The molecule has 15 heteroatoms. The molecule has 0 bridgehead atoms. The third kappa shape index (κ3) is 7.09. The number of anilines is 1. The standard InChI is InChI=1S/C28H28N4O10S/c1-13(33)38-12-21-23(39-14(2)34)24(40-15(3)35)25(41-16(4)36)27(42-21)32-26(31)19(10-29)22(20(11-30)28(32)43)17-6-8-18(37-5)9-7-17/h6-9,21,23-25,27H,12,31H2,1-5H3. The molecule has 2 heterocycles. The number of nitrogens with zero attached hydrogens (tertiary/aromatic N) is 3. The molecule has 2 N–H and O–H groups in total. The summed E-state index contributed by atoms with van der Waals surface area (Å²) in [6, 6.07) is 10.5. The van der Waals surface area contributed by atoms with Crippen LogP contribution >= 0.6 is 12.2 Å². The van der Waals surface area contributed by atoms with Gasteiger partial charge in [0.1, 0.15) is 46.6 Å². The van der Waals surface area contributed by atoms with Gasteiger partial charge in [-0.2, -0.15) is 10.5 Å². The molecule has 1 fully saturated rings. The Labute approximate surface area is 251 Å². The predicted molar refractivity (Wildman–Crippen MR) is 148 cm³/mol. The molecule has 1 aromatic heterocycles. The Morgan fingerprint density at radius 1 is 0.884 bits per heavy atom. The van der Waals surface area contributed by atoms with Crippen LogP contribution in [0.15, 0.2) is 24.3 Å². The second-order valence-corrected chi connectivity index (χ2v) is 9.61. The summed E-state index contributed by atoms with van der Waals surface area (Å²) < 4.78 is 33.7. The first-order valence-electron chi connectivity index (χ1n) is 12.7. The van der Waals surface area contributed by atoms with Gasteiger partial charge in [-0.05, 0) is 17.7 Å². The lowest BCUT2D eigenvalue weighted by molar-refractivity contribution is -0.268. The van der Waals surface area contributed by atoms with Gasteiger partial charge >= 0.3 is 23.9 Å². The number of nitriles is 2. The van der Waals surface area contributed by atoms with E-state index < -0.39 is 61.1 Å². The average Bonchev–Trinajstić information content (AvgIpc) is 2.94. The van der Waals surface area contributed by atoms with Crippen molar-refractivity contribution < 1.29 is 47.6 Å². The second kappa shape index (κ2) is 13.8. The highest BCUT2D eigenvalue weighted by Crippen LogP contribution is 2.40. The molecule has 0 aliphatic carbocycles. The first kappa shape index (κ1) is 32.5. The van der Waals surface area contributed by atoms with E-state index in [9.17, 15) is 29.7 Å². The van der Waals surface area contributed by atoms with Gasteiger partial charge in [-0.3, -0.25) is 23.7 Å². The van der Waals surface area contributed by atoms with E-state index in [0.29, 0.717) is 11.3 Å². The van der Waals surface area contributed by atoms with Crippen LogP contribution in [0.25, 0.3) is 11.1 Å². The Bertz CT molecular complexity index is 1570. The van der Waals surface area contributed by atoms with Crippen LogP contribution in [0.2, 0.25) is 0 Å². The van der Waals surface area contributed by atoms with Crippen molar-refractivity contribution in [2.75, 3.05) is 19.5 Å². The van der Waals surface area contributed by atoms with Crippen LogP contribution in [-0.4, -0.2) is 66.6 Å². The fraction of sp³-hybridized carbons (Fsp3) is 0.393. The molecular weight excluding hydrogens is 584 g/mol. The lowest BCUT2D eigenvalue weighted by atomic mass is 9.94. The largest absolute Gasteiger partial charge is 0.497 e. The van der Waals surface area contributed by atoms with Gasteiger partial charge in [0.15, 0.2) is 24.5 Å². The van der Waals surface area contributed by atoms with Crippen molar-refractivity contribution >= 4 is 41.9 Å². The number of ether oxygens (including phenoxy) is 6. The van der Waals surface area contributed by atoms with Gasteiger partial charge in [0, 0.05) is 33.3 Å². The Balaban J connectivity index is 2.35. The predicted octanol–water partition coefficient (Wildman–Crippen LogP) is 2.47. The fourth-order valence-corrected chi connectivity index (χ4v) is 4.99. The van der Waals surface area contributed by atoms with Crippen LogP contribution in [0.5, 0.6) is 5.75 Å². The van der Waals surface area contributed by atoms with E-state index in [1.807, 2.05) is 12.1 Å². The number of rotatable bonds is 8. The van der Waals surface area contributed by atoms with Crippen molar-refractivity contribution in [3.63, 3.8) is 0 Å². The topological polar surface area (TPSA) is 202 Å². The number of carbonyl (C=O) groups excluding carboxylic acids is 4. The van der Waals surface area contributed by atoms with Crippen LogP contribution in [-0.2, 0) is 42.9 Å². The molecular formula is C28H28N4O10S. The number of benzene rings is 1. The monoisotopic (exact) mass is 612 g/mol. The Morgan fingerprint density at radius 2 is 1.42 bits per heavy atom. The molecule has 0 saturated carbocycles. The molecule has 2 aromatic rings. The number of carbonyl (C=O) groups is 4. The van der Waals surface area contributed by atoms with Crippen molar-refractivity contribution in [3.8, 4) is 29.0 Å². The molecule has 14 nitrogen and oxygen atoms in total. The van der Waals surface area contributed by atoms with Crippen LogP contribution in [0.1, 0.15) is 45.0 Å². The molecule has 1 aliphatic heterocycles. The SMILES string of the molecule is COc1ccc(-c2c(C#N)c(N)n(C3OC(COC(C)=O)C(OC(C)=O)C(OC(C)=O)C3OC(C)=O)c(=S)c2C#N)cc1. The number of esters is 4. The van der Waals surface area contributed by atoms with Crippen molar-refractivity contribution in [2.45, 2.75) is 58.3 Å². The first-order chi connectivity index (χ1) is 20.3. The molecule has 3 rings (SSSR count). The van der Waals surface area contributed by atoms with Crippen molar-refractivity contribution in [3.05, 3.63) is 40.0 Å². The minimum absolute atomic E-state index is 0.136. The maximum absolute atomic E-state index is 12.3. The fourth-order valence-electron chi connectivity index (χ4n) is 4.64. The van der Waals surface area contributed by atoms with E-state index in [4.69, 9.17) is 46.4 Å². The summed E-state index contributed by atoms with van der Waals surface area (Å²) in [6.45, 7) is 3.88. The second-order valence-electron chi connectivity index (χ2n) is 9.23. The normalized spacial score (nSPS) is 21.0. The summed E-state index contributed by atoms with van der Waals surface area (Å²) in [5.41, 5.74) is 6.77. The van der Waals surface area contributed by atoms with Crippen molar-refractivity contribution in [2.24, 2.45) is 0 Å². The van der Waals surface area contributed by atoms with E-state index in [-0.39, 0.29) is 27.1 Å².